The van der Waals surface area contributed by atoms with E-state index >= 15 is 0 Å². The van der Waals surface area contributed by atoms with Crippen LogP contribution in [0.4, 0.5) is 5.69 Å². The molecule has 132 valence electrons. The SMILES string of the molecule is COCc1cccc(C(=O)O[C@H](C)C(=O)Nc2c(Cl)cccc2Cl)c1. The first-order chi connectivity index (χ1) is 11.9. The van der Waals surface area contributed by atoms with E-state index in [9.17, 15) is 9.59 Å². The number of ether oxygens (including phenoxy) is 2. The zero-order valence-electron chi connectivity index (χ0n) is 13.7. The smallest absolute Gasteiger partial charge is 0.338 e. The fourth-order valence-corrected chi connectivity index (χ4v) is 2.57. The number of carbonyl (C=O) groups excluding carboxylic acids is 2. The quantitative estimate of drug-likeness (QED) is 0.756. The highest BCUT2D eigenvalue weighted by Crippen LogP contribution is 2.29. The van der Waals surface area contributed by atoms with Crippen molar-refractivity contribution in [3.8, 4) is 0 Å². The average Bonchev–Trinajstić information content (AvgIpc) is 2.58. The summed E-state index contributed by atoms with van der Waals surface area (Å²) < 4.78 is 10.2. The van der Waals surface area contributed by atoms with Gasteiger partial charge in [0.2, 0.25) is 0 Å². The van der Waals surface area contributed by atoms with Crippen molar-refractivity contribution in [2.75, 3.05) is 12.4 Å². The molecule has 0 fully saturated rings. The highest BCUT2D eigenvalue weighted by atomic mass is 35.5. The Hall–Kier alpha value is -2.08. The number of benzene rings is 2. The van der Waals surface area contributed by atoms with Crippen LogP contribution in [0.3, 0.4) is 0 Å². The number of esters is 1. The monoisotopic (exact) mass is 381 g/mol. The maximum atomic E-state index is 12.2. The van der Waals surface area contributed by atoms with Gasteiger partial charge >= 0.3 is 5.97 Å². The molecule has 7 heteroatoms. The lowest BCUT2D eigenvalue weighted by Gasteiger charge is -2.15. The lowest BCUT2D eigenvalue weighted by molar-refractivity contribution is -0.123. The molecular weight excluding hydrogens is 365 g/mol. The molecule has 1 amide bonds. The van der Waals surface area contributed by atoms with E-state index in [1.807, 2.05) is 6.07 Å². The van der Waals surface area contributed by atoms with Gasteiger partial charge in [0.05, 0.1) is 27.9 Å². The number of carbonyl (C=O) groups is 2. The molecule has 25 heavy (non-hydrogen) atoms. The maximum absolute atomic E-state index is 12.2. The third kappa shape index (κ3) is 5.19. The number of hydrogen-bond acceptors (Lipinski definition) is 4. The highest BCUT2D eigenvalue weighted by molar-refractivity contribution is 6.39. The summed E-state index contributed by atoms with van der Waals surface area (Å²) in [6.07, 6.45) is -1.02. The molecule has 0 radical (unpaired) electrons. The Labute approximate surface area is 155 Å². The summed E-state index contributed by atoms with van der Waals surface area (Å²) in [5.41, 5.74) is 1.45. The molecule has 0 aromatic heterocycles. The first-order valence-electron chi connectivity index (χ1n) is 7.46. The second-order valence-corrected chi connectivity index (χ2v) is 6.08. The Bertz CT molecular complexity index is 759. The van der Waals surface area contributed by atoms with Gasteiger partial charge in [-0.25, -0.2) is 4.79 Å². The molecule has 1 atom stereocenters. The van der Waals surface area contributed by atoms with Crippen molar-refractivity contribution in [1.82, 2.24) is 0 Å². The molecule has 0 aliphatic carbocycles. The predicted octanol–water partition coefficient (Wildman–Crippen LogP) is 4.32. The van der Waals surface area contributed by atoms with Crippen LogP contribution in [-0.2, 0) is 20.9 Å². The van der Waals surface area contributed by atoms with E-state index in [0.717, 1.165) is 5.56 Å². The lowest BCUT2D eigenvalue weighted by atomic mass is 10.1. The van der Waals surface area contributed by atoms with Gasteiger partial charge in [0.1, 0.15) is 0 Å². The van der Waals surface area contributed by atoms with Crippen LogP contribution >= 0.6 is 23.2 Å². The van der Waals surface area contributed by atoms with Crippen LogP contribution in [-0.4, -0.2) is 25.1 Å². The van der Waals surface area contributed by atoms with Gasteiger partial charge in [0.15, 0.2) is 6.10 Å². The lowest BCUT2D eigenvalue weighted by Crippen LogP contribution is -2.30. The highest BCUT2D eigenvalue weighted by Gasteiger charge is 2.21. The summed E-state index contributed by atoms with van der Waals surface area (Å²) in [6, 6.07) is 11.7. The van der Waals surface area contributed by atoms with Crippen molar-refractivity contribution < 1.29 is 19.1 Å². The van der Waals surface area contributed by atoms with Gasteiger partial charge < -0.3 is 14.8 Å². The third-order valence-electron chi connectivity index (χ3n) is 3.34. The molecule has 0 aliphatic heterocycles. The van der Waals surface area contributed by atoms with E-state index in [-0.39, 0.29) is 5.69 Å². The number of halogens is 2. The maximum Gasteiger partial charge on any atom is 0.338 e. The predicted molar refractivity (Wildman–Crippen MR) is 97.1 cm³/mol. The summed E-state index contributed by atoms with van der Waals surface area (Å²) >= 11 is 12.0. The van der Waals surface area contributed by atoms with E-state index in [1.54, 1.807) is 43.5 Å². The molecule has 0 bridgehead atoms. The van der Waals surface area contributed by atoms with Crippen molar-refractivity contribution in [1.29, 1.82) is 0 Å². The Morgan fingerprint density at radius 3 is 2.40 bits per heavy atom. The van der Waals surface area contributed by atoms with Crippen molar-refractivity contribution in [3.05, 3.63) is 63.6 Å². The number of hydrogen-bond donors (Lipinski definition) is 1. The molecule has 1 N–H and O–H groups in total. The molecule has 0 unspecified atom stereocenters. The molecular formula is C18H17Cl2NO4. The number of para-hydroxylation sites is 1. The van der Waals surface area contributed by atoms with Crippen molar-refractivity contribution in [2.45, 2.75) is 19.6 Å². The first-order valence-corrected chi connectivity index (χ1v) is 8.21. The number of amides is 1. The van der Waals surface area contributed by atoms with Gasteiger partial charge in [-0.15, -0.1) is 0 Å². The van der Waals surface area contributed by atoms with E-state index in [1.165, 1.54) is 6.92 Å². The Morgan fingerprint density at radius 2 is 1.76 bits per heavy atom. The van der Waals surface area contributed by atoms with Crippen LogP contribution in [0.1, 0.15) is 22.8 Å². The van der Waals surface area contributed by atoms with Crippen LogP contribution in [0, 0.1) is 0 Å². The second kappa shape index (κ2) is 8.85. The summed E-state index contributed by atoms with van der Waals surface area (Å²) in [6.45, 7) is 1.85. The van der Waals surface area contributed by atoms with Gasteiger partial charge in [0, 0.05) is 7.11 Å². The largest absolute Gasteiger partial charge is 0.449 e. The molecule has 2 rings (SSSR count). The van der Waals surface area contributed by atoms with Crippen molar-refractivity contribution >= 4 is 40.8 Å². The van der Waals surface area contributed by atoms with E-state index in [2.05, 4.69) is 5.32 Å². The van der Waals surface area contributed by atoms with E-state index in [4.69, 9.17) is 32.7 Å². The van der Waals surface area contributed by atoms with Gasteiger partial charge in [-0.1, -0.05) is 41.4 Å². The average molecular weight is 382 g/mol. The fraction of sp³-hybridized carbons (Fsp3) is 0.222. The molecule has 0 saturated heterocycles. The normalized spacial score (nSPS) is 11.7. The second-order valence-electron chi connectivity index (χ2n) is 5.27. The van der Waals surface area contributed by atoms with Gasteiger partial charge in [-0.05, 0) is 36.8 Å². The minimum Gasteiger partial charge on any atom is -0.449 e. The van der Waals surface area contributed by atoms with Crippen LogP contribution in [0.5, 0.6) is 0 Å². The molecule has 0 spiro atoms. The molecule has 0 aliphatic rings. The summed E-state index contributed by atoms with van der Waals surface area (Å²) in [5, 5.41) is 3.16. The van der Waals surface area contributed by atoms with Crippen LogP contribution in [0.15, 0.2) is 42.5 Å². The van der Waals surface area contributed by atoms with Crippen molar-refractivity contribution in [3.63, 3.8) is 0 Å². The number of nitrogens with one attached hydrogen (secondary N) is 1. The van der Waals surface area contributed by atoms with Crippen LogP contribution in [0.25, 0.3) is 0 Å². The van der Waals surface area contributed by atoms with Crippen LogP contribution in [0.2, 0.25) is 10.0 Å². The molecule has 5 nitrogen and oxygen atoms in total. The van der Waals surface area contributed by atoms with Crippen molar-refractivity contribution in [2.24, 2.45) is 0 Å². The topological polar surface area (TPSA) is 64.6 Å². The van der Waals surface area contributed by atoms with E-state index in [0.29, 0.717) is 22.2 Å². The van der Waals surface area contributed by atoms with E-state index < -0.39 is 18.0 Å². The summed E-state index contributed by atoms with van der Waals surface area (Å²) in [7, 11) is 1.57. The number of anilines is 1. The Balaban J connectivity index is 2.03. The van der Waals surface area contributed by atoms with Gasteiger partial charge in [-0.2, -0.15) is 0 Å². The zero-order chi connectivity index (χ0) is 18.4. The summed E-state index contributed by atoms with van der Waals surface area (Å²) in [5.74, 6) is -1.14. The molecule has 2 aromatic carbocycles. The number of rotatable bonds is 6. The molecule has 0 saturated carbocycles. The third-order valence-corrected chi connectivity index (χ3v) is 3.97. The molecule has 0 heterocycles. The van der Waals surface area contributed by atoms with Gasteiger partial charge in [-0.3, -0.25) is 4.79 Å². The Morgan fingerprint density at radius 1 is 1.12 bits per heavy atom. The zero-order valence-corrected chi connectivity index (χ0v) is 15.2. The fourth-order valence-electron chi connectivity index (χ4n) is 2.08. The number of methoxy groups -OCH3 is 1. The summed E-state index contributed by atoms with van der Waals surface area (Å²) in [4.78, 5) is 24.4. The standard InChI is InChI=1S/C18H17Cl2NO4/c1-11(17(22)21-16-14(19)7-4-8-15(16)20)25-18(23)13-6-3-5-12(9-13)10-24-2/h3-9,11H,10H2,1-2H3,(H,21,22)/t11-/m1/s1. The first kappa shape index (κ1) is 19.2. The minimum atomic E-state index is -1.02. The molecule has 2 aromatic rings. The minimum absolute atomic E-state index is 0.279. The van der Waals surface area contributed by atoms with Gasteiger partial charge in [0.25, 0.3) is 5.91 Å². The van der Waals surface area contributed by atoms with Crippen LogP contribution < -0.4 is 5.32 Å². The Kier molecular flexibility index (Phi) is 6.82.